The average Bonchev–Trinajstić information content (AvgIpc) is 2.99. The third-order valence-corrected chi connectivity index (χ3v) is 3.61. The van der Waals surface area contributed by atoms with Crippen LogP contribution in [0.2, 0.25) is 0 Å². The molecular weight excluding hydrogens is 280 g/mol. The van der Waals surface area contributed by atoms with E-state index in [0.29, 0.717) is 13.1 Å². The maximum absolute atomic E-state index is 12.2. The lowest BCUT2D eigenvalue weighted by molar-refractivity contribution is -0.126. The van der Waals surface area contributed by atoms with E-state index in [1.807, 2.05) is 18.1 Å². The van der Waals surface area contributed by atoms with E-state index >= 15 is 0 Å². The third kappa shape index (κ3) is 3.30. The highest BCUT2D eigenvalue weighted by Crippen LogP contribution is 2.12. The quantitative estimate of drug-likeness (QED) is 0.775. The molecule has 2 aromatic heterocycles. The molecule has 0 N–H and O–H groups in total. The number of aryl methyl sites for hydroxylation is 1. The summed E-state index contributed by atoms with van der Waals surface area (Å²) in [6.45, 7) is 2.91. The molecule has 1 aliphatic heterocycles. The Morgan fingerprint density at radius 3 is 2.64 bits per heavy atom. The lowest BCUT2D eigenvalue weighted by Crippen LogP contribution is -2.48. The number of carbonyl (C=O) groups is 1. The van der Waals surface area contributed by atoms with E-state index < -0.39 is 0 Å². The second kappa shape index (κ2) is 6.38. The number of hydrogen-bond acceptors (Lipinski definition) is 5. The van der Waals surface area contributed by atoms with Gasteiger partial charge in [-0.3, -0.25) is 14.5 Å². The number of hydrogen-bond donors (Lipinski definition) is 0. The number of nitrogens with zero attached hydrogens (tertiary/aromatic N) is 6. The molecule has 0 radical (unpaired) electrons. The highest BCUT2D eigenvalue weighted by molar-refractivity contribution is 5.91. The molecule has 1 saturated heterocycles. The van der Waals surface area contributed by atoms with Crippen LogP contribution in [-0.4, -0.2) is 56.7 Å². The van der Waals surface area contributed by atoms with Crippen molar-refractivity contribution in [2.45, 2.75) is 0 Å². The molecule has 3 heterocycles. The van der Waals surface area contributed by atoms with E-state index in [2.05, 4.69) is 20.0 Å². The smallest absolute Gasteiger partial charge is 0.246 e. The van der Waals surface area contributed by atoms with Gasteiger partial charge in [0.25, 0.3) is 0 Å². The van der Waals surface area contributed by atoms with Gasteiger partial charge in [0.2, 0.25) is 5.91 Å². The van der Waals surface area contributed by atoms with Gasteiger partial charge >= 0.3 is 0 Å². The van der Waals surface area contributed by atoms with E-state index in [-0.39, 0.29) is 5.91 Å². The molecule has 0 spiro atoms. The maximum Gasteiger partial charge on any atom is 0.246 e. The highest BCUT2D eigenvalue weighted by Gasteiger charge is 2.20. The predicted octanol–water partition coefficient (Wildman–Crippen LogP) is 0.572. The fourth-order valence-corrected chi connectivity index (χ4v) is 2.41. The summed E-state index contributed by atoms with van der Waals surface area (Å²) in [5, 5.41) is 4.07. The van der Waals surface area contributed by atoms with Gasteiger partial charge in [-0.15, -0.1) is 0 Å². The molecule has 0 bridgehead atoms. The van der Waals surface area contributed by atoms with Crippen molar-refractivity contribution < 1.29 is 4.79 Å². The number of anilines is 1. The van der Waals surface area contributed by atoms with Crippen molar-refractivity contribution in [3.63, 3.8) is 0 Å². The molecule has 1 aliphatic rings. The molecule has 3 rings (SSSR count). The molecule has 0 atom stereocenters. The second-order valence-electron chi connectivity index (χ2n) is 5.16. The number of carbonyl (C=O) groups excluding carboxylic acids is 1. The molecule has 2 aromatic rings. The Morgan fingerprint density at radius 1 is 1.18 bits per heavy atom. The third-order valence-electron chi connectivity index (χ3n) is 3.61. The summed E-state index contributed by atoms with van der Waals surface area (Å²) < 4.78 is 1.71. The zero-order chi connectivity index (χ0) is 15.4. The molecule has 0 aromatic carbocycles. The standard InChI is InChI=1S/C15H18N6O/c1-19-12-13(10-18-19)2-3-15(22)21-8-6-20(7-9-21)14-11-16-4-5-17-14/h2-5,10-12H,6-9H2,1H3/b3-2+. The maximum atomic E-state index is 12.2. The summed E-state index contributed by atoms with van der Waals surface area (Å²) in [4.78, 5) is 24.5. The fourth-order valence-electron chi connectivity index (χ4n) is 2.41. The minimum atomic E-state index is 0.0302. The van der Waals surface area contributed by atoms with Crippen LogP contribution in [0.5, 0.6) is 0 Å². The molecule has 7 nitrogen and oxygen atoms in total. The van der Waals surface area contributed by atoms with Gasteiger partial charge in [-0.2, -0.15) is 5.10 Å². The van der Waals surface area contributed by atoms with Gasteiger partial charge < -0.3 is 9.80 Å². The topological polar surface area (TPSA) is 67.2 Å². The summed E-state index contributed by atoms with van der Waals surface area (Å²) in [6, 6.07) is 0. The minimum absolute atomic E-state index is 0.0302. The predicted molar refractivity (Wildman–Crippen MR) is 83.1 cm³/mol. The van der Waals surface area contributed by atoms with Crippen molar-refractivity contribution in [2.24, 2.45) is 7.05 Å². The van der Waals surface area contributed by atoms with Gasteiger partial charge in [-0.25, -0.2) is 4.98 Å². The Bertz CT molecular complexity index is 658. The molecule has 114 valence electrons. The highest BCUT2D eigenvalue weighted by atomic mass is 16.2. The first kappa shape index (κ1) is 14.2. The molecule has 0 aliphatic carbocycles. The van der Waals surface area contributed by atoms with E-state index in [0.717, 1.165) is 24.5 Å². The summed E-state index contributed by atoms with van der Waals surface area (Å²) in [5.41, 5.74) is 0.925. The zero-order valence-corrected chi connectivity index (χ0v) is 12.5. The van der Waals surface area contributed by atoms with E-state index in [4.69, 9.17) is 0 Å². The number of amides is 1. The number of aromatic nitrogens is 4. The fraction of sp³-hybridized carbons (Fsp3) is 0.333. The Morgan fingerprint density at radius 2 is 2.00 bits per heavy atom. The average molecular weight is 298 g/mol. The Kier molecular flexibility index (Phi) is 4.13. The van der Waals surface area contributed by atoms with Crippen molar-refractivity contribution in [3.8, 4) is 0 Å². The van der Waals surface area contributed by atoms with Crippen LogP contribution in [0.25, 0.3) is 6.08 Å². The van der Waals surface area contributed by atoms with Crippen LogP contribution in [0.3, 0.4) is 0 Å². The van der Waals surface area contributed by atoms with Gasteiger partial charge in [0, 0.05) is 63.5 Å². The molecular formula is C15H18N6O. The van der Waals surface area contributed by atoms with Crippen LogP contribution >= 0.6 is 0 Å². The summed E-state index contributed by atoms with van der Waals surface area (Å²) in [6.07, 6.45) is 12.1. The van der Waals surface area contributed by atoms with Crippen LogP contribution in [0.15, 0.2) is 37.1 Å². The molecule has 1 fully saturated rings. The first-order valence-electron chi connectivity index (χ1n) is 7.19. The van der Waals surface area contributed by atoms with Crippen LogP contribution in [0.4, 0.5) is 5.82 Å². The van der Waals surface area contributed by atoms with Gasteiger partial charge in [-0.1, -0.05) is 0 Å². The van der Waals surface area contributed by atoms with Crippen molar-refractivity contribution in [2.75, 3.05) is 31.1 Å². The second-order valence-corrected chi connectivity index (χ2v) is 5.16. The molecule has 0 saturated carbocycles. The van der Waals surface area contributed by atoms with Crippen LogP contribution in [0, 0.1) is 0 Å². The molecule has 22 heavy (non-hydrogen) atoms. The zero-order valence-electron chi connectivity index (χ0n) is 12.5. The minimum Gasteiger partial charge on any atom is -0.352 e. The van der Waals surface area contributed by atoms with Gasteiger partial charge in [0.15, 0.2) is 0 Å². The summed E-state index contributed by atoms with van der Waals surface area (Å²) in [7, 11) is 1.85. The normalized spacial score (nSPS) is 15.5. The van der Waals surface area contributed by atoms with Gasteiger partial charge in [-0.05, 0) is 6.08 Å². The van der Waals surface area contributed by atoms with Crippen molar-refractivity contribution in [1.82, 2.24) is 24.6 Å². The van der Waals surface area contributed by atoms with E-state index in [1.165, 1.54) is 0 Å². The lowest BCUT2D eigenvalue weighted by Gasteiger charge is -2.34. The lowest BCUT2D eigenvalue weighted by atomic mass is 10.2. The van der Waals surface area contributed by atoms with Gasteiger partial charge in [0.05, 0.1) is 12.4 Å². The number of rotatable bonds is 3. The molecule has 7 heteroatoms. The molecule has 1 amide bonds. The van der Waals surface area contributed by atoms with Crippen LogP contribution in [0.1, 0.15) is 5.56 Å². The first-order valence-corrected chi connectivity index (χ1v) is 7.19. The summed E-state index contributed by atoms with van der Waals surface area (Å²) in [5.74, 6) is 0.892. The first-order chi connectivity index (χ1) is 10.7. The Hall–Kier alpha value is -2.70. The SMILES string of the molecule is Cn1cc(/C=C/C(=O)N2CCN(c3cnccn3)CC2)cn1. The molecule has 0 unspecified atom stereocenters. The van der Waals surface area contributed by atoms with Crippen molar-refractivity contribution in [1.29, 1.82) is 0 Å². The Labute approximate surface area is 128 Å². The number of piperazine rings is 1. The van der Waals surface area contributed by atoms with Crippen molar-refractivity contribution in [3.05, 3.63) is 42.6 Å². The van der Waals surface area contributed by atoms with Crippen LogP contribution in [-0.2, 0) is 11.8 Å². The Balaban J connectivity index is 1.55. The van der Waals surface area contributed by atoms with Crippen LogP contribution < -0.4 is 4.90 Å². The summed E-state index contributed by atoms with van der Waals surface area (Å²) >= 11 is 0. The van der Waals surface area contributed by atoms with Crippen molar-refractivity contribution >= 4 is 17.8 Å². The largest absolute Gasteiger partial charge is 0.352 e. The van der Waals surface area contributed by atoms with E-state index in [9.17, 15) is 4.79 Å². The van der Waals surface area contributed by atoms with Gasteiger partial charge in [0.1, 0.15) is 5.82 Å². The monoisotopic (exact) mass is 298 g/mol. The van der Waals surface area contributed by atoms with E-state index in [1.54, 1.807) is 41.6 Å².